The van der Waals surface area contributed by atoms with Crippen molar-refractivity contribution in [2.24, 2.45) is 0 Å². The zero-order valence-electron chi connectivity index (χ0n) is 19.4. The molecule has 0 aliphatic heterocycles. The number of halogens is 1. The topological polar surface area (TPSA) is 58.6 Å². The molecule has 0 radical (unpaired) electrons. The summed E-state index contributed by atoms with van der Waals surface area (Å²) in [4.78, 5) is 28.1. The number of nitrogens with one attached hydrogen (secondary N) is 1. The van der Waals surface area contributed by atoms with Gasteiger partial charge in [-0.25, -0.2) is 0 Å². The molecule has 0 spiro atoms. The second-order valence-electron chi connectivity index (χ2n) is 7.81. The minimum absolute atomic E-state index is 0.0666. The Hall–Kier alpha value is -2.77. The number of thioether (sulfide) groups is 1. The molecule has 5 nitrogen and oxygen atoms in total. The molecule has 0 bridgehead atoms. The predicted molar refractivity (Wildman–Crippen MR) is 142 cm³/mol. The number of ether oxygens (including phenoxy) is 1. The third-order valence-corrected chi connectivity index (χ3v) is 6.89. The molecular formula is C27H29BrN2O3S. The molecule has 0 aromatic heterocycles. The maximum absolute atomic E-state index is 13.5. The van der Waals surface area contributed by atoms with Crippen LogP contribution in [0.15, 0.2) is 83.3 Å². The lowest BCUT2D eigenvalue weighted by molar-refractivity contribution is -0.139. The van der Waals surface area contributed by atoms with Crippen molar-refractivity contribution in [1.29, 1.82) is 0 Å². The molecule has 178 valence electrons. The number of hydrogen-bond acceptors (Lipinski definition) is 4. The van der Waals surface area contributed by atoms with E-state index in [-0.39, 0.29) is 17.6 Å². The monoisotopic (exact) mass is 540 g/mol. The normalized spacial score (nSPS) is 11.5. The van der Waals surface area contributed by atoms with Crippen molar-refractivity contribution in [3.05, 3.63) is 100 Å². The zero-order chi connectivity index (χ0) is 24.3. The van der Waals surface area contributed by atoms with E-state index in [1.165, 1.54) is 11.8 Å². The molecule has 0 aliphatic rings. The minimum Gasteiger partial charge on any atom is -0.497 e. The van der Waals surface area contributed by atoms with Crippen molar-refractivity contribution in [2.45, 2.75) is 24.8 Å². The maximum Gasteiger partial charge on any atom is 0.242 e. The van der Waals surface area contributed by atoms with E-state index >= 15 is 0 Å². The summed E-state index contributed by atoms with van der Waals surface area (Å²) < 4.78 is 6.14. The van der Waals surface area contributed by atoms with Crippen LogP contribution < -0.4 is 10.1 Å². The number of carbonyl (C=O) groups excluding carboxylic acids is 2. The van der Waals surface area contributed by atoms with Crippen molar-refractivity contribution < 1.29 is 14.3 Å². The van der Waals surface area contributed by atoms with E-state index in [0.717, 1.165) is 26.9 Å². The molecule has 3 aromatic carbocycles. The van der Waals surface area contributed by atoms with E-state index in [9.17, 15) is 9.59 Å². The highest BCUT2D eigenvalue weighted by Gasteiger charge is 2.29. The maximum atomic E-state index is 13.5. The van der Waals surface area contributed by atoms with Gasteiger partial charge in [0.1, 0.15) is 11.8 Å². The van der Waals surface area contributed by atoms with Gasteiger partial charge in [-0.3, -0.25) is 9.59 Å². The predicted octanol–water partition coefficient (Wildman–Crippen LogP) is 5.08. The van der Waals surface area contributed by atoms with Crippen molar-refractivity contribution in [3.63, 3.8) is 0 Å². The smallest absolute Gasteiger partial charge is 0.242 e. The van der Waals surface area contributed by atoms with Gasteiger partial charge in [0.2, 0.25) is 11.8 Å². The second-order valence-corrected chi connectivity index (χ2v) is 9.71. The fourth-order valence-corrected chi connectivity index (χ4v) is 4.93. The van der Waals surface area contributed by atoms with E-state index in [0.29, 0.717) is 18.7 Å². The minimum atomic E-state index is -0.611. The van der Waals surface area contributed by atoms with Crippen LogP contribution in [-0.2, 0) is 28.3 Å². The van der Waals surface area contributed by atoms with Gasteiger partial charge >= 0.3 is 0 Å². The summed E-state index contributed by atoms with van der Waals surface area (Å²) in [6.45, 7) is 0.353. The quantitative estimate of drug-likeness (QED) is 0.368. The third-order valence-electron chi connectivity index (χ3n) is 5.41. The fraction of sp³-hybridized carbons (Fsp3) is 0.259. The highest BCUT2D eigenvalue weighted by atomic mass is 79.9. The Morgan fingerprint density at radius 3 is 2.32 bits per heavy atom. The summed E-state index contributed by atoms with van der Waals surface area (Å²) in [5.41, 5.74) is 3.09. The van der Waals surface area contributed by atoms with Crippen molar-refractivity contribution >= 4 is 39.5 Å². The van der Waals surface area contributed by atoms with Gasteiger partial charge in [-0.05, 0) is 41.0 Å². The molecule has 2 amide bonds. The molecule has 3 rings (SSSR count). The SMILES string of the molecule is CNC(=O)[C@@H](Cc1ccccc1)N(Cc1cccc(Br)c1)C(=O)CSCc1ccc(OC)cc1. The van der Waals surface area contributed by atoms with Crippen LogP contribution in [0.1, 0.15) is 16.7 Å². The fourth-order valence-electron chi connectivity index (χ4n) is 3.61. The Morgan fingerprint density at radius 1 is 0.971 bits per heavy atom. The first-order valence-corrected chi connectivity index (χ1v) is 12.9. The van der Waals surface area contributed by atoms with Crippen LogP contribution in [-0.4, -0.2) is 42.7 Å². The van der Waals surface area contributed by atoms with Gasteiger partial charge in [-0.15, -0.1) is 11.8 Å². The van der Waals surface area contributed by atoms with Crippen LogP contribution in [0.4, 0.5) is 0 Å². The molecule has 1 atom stereocenters. The molecule has 0 fully saturated rings. The largest absolute Gasteiger partial charge is 0.497 e. The van der Waals surface area contributed by atoms with Gasteiger partial charge in [-0.1, -0.05) is 70.5 Å². The average molecular weight is 542 g/mol. The summed E-state index contributed by atoms with van der Waals surface area (Å²) in [7, 11) is 3.25. The first kappa shape index (κ1) is 25.8. The van der Waals surface area contributed by atoms with Gasteiger partial charge in [0.25, 0.3) is 0 Å². The lowest BCUT2D eigenvalue weighted by Gasteiger charge is -2.31. The molecule has 1 N–H and O–H groups in total. The van der Waals surface area contributed by atoms with Crippen molar-refractivity contribution in [2.75, 3.05) is 19.9 Å². The summed E-state index contributed by atoms with van der Waals surface area (Å²) >= 11 is 5.04. The molecular weight excluding hydrogens is 512 g/mol. The molecule has 0 saturated carbocycles. The summed E-state index contributed by atoms with van der Waals surface area (Å²) in [6.07, 6.45) is 0.448. The van der Waals surface area contributed by atoms with E-state index in [1.807, 2.05) is 78.9 Å². The van der Waals surface area contributed by atoms with Gasteiger partial charge < -0.3 is 15.0 Å². The Labute approximate surface area is 214 Å². The highest BCUT2D eigenvalue weighted by Crippen LogP contribution is 2.21. The van der Waals surface area contributed by atoms with Crippen LogP contribution in [0, 0.1) is 0 Å². The summed E-state index contributed by atoms with van der Waals surface area (Å²) in [5, 5.41) is 2.75. The number of likely N-dealkylation sites (N-methyl/N-ethyl adjacent to an activating group) is 1. The standard InChI is InChI=1S/C27H29BrN2O3S/c1-29-27(32)25(16-20-7-4-3-5-8-20)30(17-22-9-6-10-23(28)15-22)26(31)19-34-18-21-11-13-24(33-2)14-12-21/h3-15,25H,16-19H2,1-2H3,(H,29,32)/t25-/m1/s1. The van der Waals surface area contributed by atoms with Crippen molar-refractivity contribution in [1.82, 2.24) is 10.2 Å². The van der Waals surface area contributed by atoms with E-state index in [4.69, 9.17) is 4.74 Å². The van der Waals surface area contributed by atoms with Crippen LogP contribution in [0.25, 0.3) is 0 Å². The number of benzene rings is 3. The number of amides is 2. The van der Waals surface area contributed by atoms with E-state index in [2.05, 4.69) is 21.2 Å². The number of nitrogens with zero attached hydrogens (tertiary/aromatic N) is 1. The van der Waals surface area contributed by atoms with Crippen LogP contribution in [0.5, 0.6) is 5.75 Å². The lowest BCUT2D eigenvalue weighted by atomic mass is 10.0. The molecule has 0 aliphatic carbocycles. The lowest BCUT2D eigenvalue weighted by Crippen LogP contribution is -2.50. The van der Waals surface area contributed by atoms with E-state index in [1.54, 1.807) is 19.1 Å². The van der Waals surface area contributed by atoms with Gasteiger partial charge in [-0.2, -0.15) is 0 Å². The first-order chi connectivity index (χ1) is 16.5. The molecule has 0 heterocycles. The molecule has 0 saturated heterocycles. The van der Waals surface area contributed by atoms with Gasteiger partial charge in [0, 0.05) is 30.2 Å². The molecule has 3 aromatic rings. The Morgan fingerprint density at radius 2 is 1.68 bits per heavy atom. The molecule has 0 unspecified atom stereocenters. The average Bonchev–Trinajstić information content (AvgIpc) is 2.86. The Bertz CT molecular complexity index is 1080. The highest BCUT2D eigenvalue weighted by molar-refractivity contribution is 9.10. The summed E-state index contributed by atoms with van der Waals surface area (Å²) in [5.74, 6) is 1.54. The van der Waals surface area contributed by atoms with Crippen LogP contribution in [0.3, 0.4) is 0 Å². The van der Waals surface area contributed by atoms with E-state index < -0.39 is 6.04 Å². The molecule has 7 heteroatoms. The second kappa shape index (κ2) is 13.2. The number of methoxy groups -OCH3 is 1. The zero-order valence-corrected chi connectivity index (χ0v) is 21.8. The van der Waals surface area contributed by atoms with Crippen molar-refractivity contribution in [3.8, 4) is 5.75 Å². The third kappa shape index (κ3) is 7.64. The van der Waals surface area contributed by atoms with Crippen LogP contribution >= 0.6 is 27.7 Å². The number of rotatable bonds is 11. The Balaban J connectivity index is 1.78. The first-order valence-electron chi connectivity index (χ1n) is 11.0. The number of hydrogen-bond donors (Lipinski definition) is 1. The van der Waals surface area contributed by atoms with Gasteiger partial charge in [0.15, 0.2) is 0 Å². The Kier molecular flexibility index (Phi) is 10.0. The number of carbonyl (C=O) groups is 2. The summed E-state index contributed by atoms with van der Waals surface area (Å²) in [6, 6.07) is 24.8. The van der Waals surface area contributed by atoms with Gasteiger partial charge in [0.05, 0.1) is 12.9 Å². The van der Waals surface area contributed by atoms with Crippen LogP contribution in [0.2, 0.25) is 0 Å². The molecule has 34 heavy (non-hydrogen) atoms.